The Bertz CT molecular complexity index is 245. The highest BCUT2D eigenvalue weighted by Crippen LogP contribution is 2.16. The maximum absolute atomic E-state index is 10.8. The maximum Gasteiger partial charge on any atom is 0.334 e. The molecule has 1 atom stereocenters. The number of esters is 1. The number of amides is 1. The average Bonchev–Trinajstić information content (AvgIpc) is 2.28. The van der Waals surface area contributed by atoms with Crippen LogP contribution in [0.3, 0.4) is 0 Å². The lowest BCUT2D eigenvalue weighted by Crippen LogP contribution is -2.15. The van der Waals surface area contributed by atoms with Crippen LogP contribution in [0.25, 0.3) is 0 Å². The SMILES string of the molecule is CC1=C[C@@H](CCC(N)=O)OC1=O. The smallest absolute Gasteiger partial charge is 0.334 e. The highest BCUT2D eigenvalue weighted by atomic mass is 16.5. The quantitative estimate of drug-likeness (QED) is 0.610. The van der Waals surface area contributed by atoms with Crippen LogP contribution in [0.15, 0.2) is 11.6 Å². The van der Waals surface area contributed by atoms with Crippen LogP contribution in [0.4, 0.5) is 0 Å². The molecule has 1 aliphatic rings. The van der Waals surface area contributed by atoms with Gasteiger partial charge in [0.1, 0.15) is 6.10 Å². The number of hydrogen-bond acceptors (Lipinski definition) is 3. The number of hydrogen-bond donors (Lipinski definition) is 1. The van der Waals surface area contributed by atoms with Crippen LogP contribution >= 0.6 is 0 Å². The Kier molecular flexibility index (Phi) is 2.47. The third-order valence-electron chi connectivity index (χ3n) is 1.69. The Labute approximate surface area is 70.4 Å². The van der Waals surface area contributed by atoms with Gasteiger partial charge in [0.15, 0.2) is 0 Å². The van der Waals surface area contributed by atoms with Gasteiger partial charge in [-0.15, -0.1) is 0 Å². The van der Waals surface area contributed by atoms with Crippen molar-refractivity contribution in [1.29, 1.82) is 0 Å². The van der Waals surface area contributed by atoms with E-state index in [0.717, 1.165) is 0 Å². The minimum Gasteiger partial charge on any atom is -0.455 e. The molecule has 1 aliphatic heterocycles. The summed E-state index contributed by atoms with van der Waals surface area (Å²) >= 11 is 0. The van der Waals surface area contributed by atoms with Crippen molar-refractivity contribution >= 4 is 11.9 Å². The Morgan fingerprint density at radius 2 is 2.42 bits per heavy atom. The molecule has 0 radical (unpaired) electrons. The second kappa shape index (κ2) is 3.38. The summed E-state index contributed by atoms with van der Waals surface area (Å²) in [4.78, 5) is 21.2. The number of carbonyl (C=O) groups is 2. The fraction of sp³-hybridized carbons (Fsp3) is 0.500. The Morgan fingerprint density at radius 3 is 2.83 bits per heavy atom. The lowest BCUT2D eigenvalue weighted by molar-refractivity contribution is -0.140. The van der Waals surface area contributed by atoms with Crippen LogP contribution in [0.2, 0.25) is 0 Å². The third kappa shape index (κ3) is 2.08. The van der Waals surface area contributed by atoms with Gasteiger partial charge in [-0.05, 0) is 19.4 Å². The third-order valence-corrected chi connectivity index (χ3v) is 1.69. The van der Waals surface area contributed by atoms with Crippen molar-refractivity contribution in [3.63, 3.8) is 0 Å². The van der Waals surface area contributed by atoms with Crippen LogP contribution in [0.5, 0.6) is 0 Å². The second-order valence-corrected chi connectivity index (χ2v) is 2.80. The van der Waals surface area contributed by atoms with Gasteiger partial charge in [0, 0.05) is 12.0 Å². The van der Waals surface area contributed by atoms with Crippen LogP contribution in [-0.2, 0) is 14.3 Å². The number of primary amides is 1. The molecule has 0 aromatic heterocycles. The van der Waals surface area contributed by atoms with E-state index in [4.69, 9.17) is 10.5 Å². The number of rotatable bonds is 3. The van der Waals surface area contributed by atoms with Gasteiger partial charge in [-0.25, -0.2) is 4.79 Å². The van der Waals surface area contributed by atoms with Gasteiger partial charge in [0.2, 0.25) is 5.91 Å². The summed E-state index contributed by atoms with van der Waals surface area (Å²) in [5, 5.41) is 0. The first-order chi connectivity index (χ1) is 5.59. The molecule has 1 amide bonds. The first-order valence-corrected chi connectivity index (χ1v) is 3.77. The molecule has 0 aromatic carbocycles. The molecule has 4 heteroatoms. The number of cyclic esters (lactones) is 1. The van der Waals surface area contributed by atoms with E-state index in [0.29, 0.717) is 12.0 Å². The second-order valence-electron chi connectivity index (χ2n) is 2.80. The molecule has 0 spiro atoms. The maximum atomic E-state index is 10.8. The van der Waals surface area contributed by atoms with E-state index >= 15 is 0 Å². The molecule has 0 unspecified atom stereocenters. The zero-order chi connectivity index (χ0) is 9.14. The van der Waals surface area contributed by atoms with Crippen molar-refractivity contribution in [1.82, 2.24) is 0 Å². The van der Waals surface area contributed by atoms with Crippen LogP contribution in [0.1, 0.15) is 19.8 Å². The molecule has 12 heavy (non-hydrogen) atoms. The lowest BCUT2D eigenvalue weighted by atomic mass is 10.1. The van der Waals surface area contributed by atoms with Gasteiger partial charge in [0.05, 0.1) is 0 Å². The van der Waals surface area contributed by atoms with E-state index < -0.39 is 0 Å². The van der Waals surface area contributed by atoms with Crippen LogP contribution in [-0.4, -0.2) is 18.0 Å². The monoisotopic (exact) mass is 169 g/mol. The Hall–Kier alpha value is -1.32. The highest BCUT2D eigenvalue weighted by molar-refractivity contribution is 5.90. The van der Waals surface area contributed by atoms with Gasteiger partial charge in [0.25, 0.3) is 0 Å². The van der Waals surface area contributed by atoms with Crippen molar-refractivity contribution < 1.29 is 14.3 Å². The molecule has 66 valence electrons. The molecular formula is C8H11NO3. The fourth-order valence-electron chi connectivity index (χ4n) is 1.04. The number of ether oxygens (including phenoxy) is 1. The van der Waals surface area contributed by atoms with Gasteiger partial charge in [-0.2, -0.15) is 0 Å². The number of nitrogens with two attached hydrogens (primary N) is 1. The van der Waals surface area contributed by atoms with Gasteiger partial charge < -0.3 is 10.5 Å². The van der Waals surface area contributed by atoms with Crippen molar-refractivity contribution in [2.75, 3.05) is 0 Å². The summed E-state index contributed by atoms with van der Waals surface area (Å²) in [6.45, 7) is 1.69. The summed E-state index contributed by atoms with van der Waals surface area (Å²) in [6.07, 6.45) is 2.19. The minimum absolute atomic E-state index is 0.252. The standard InChI is InChI=1S/C8H11NO3/c1-5-4-6(12-8(5)11)2-3-7(9)10/h4,6H,2-3H2,1H3,(H2,9,10)/t6-/m1/s1. The first-order valence-electron chi connectivity index (χ1n) is 3.77. The predicted octanol–water partition coefficient (Wildman–Crippen LogP) is 0.124. The Balaban J connectivity index is 2.38. The molecular weight excluding hydrogens is 158 g/mol. The first kappa shape index (κ1) is 8.77. The van der Waals surface area contributed by atoms with Crippen molar-refractivity contribution in [2.24, 2.45) is 5.73 Å². The summed E-state index contributed by atoms with van der Waals surface area (Å²) in [7, 11) is 0. The molecule has 0 saturated carbocycles. The normalized spacial score (nSPS) is 21.9. The van der Waals surface area contributed by atoms with E-state index in [1.165, 1.54) is 0 Å². The topological polar surface area (TPSA) is 69.4 Å². The fourth-order valence-corrected chi connectivity index (χ4v) is 1.04. The number of carbonyl (C=O) groups excluding carboxylic acids is 2. The van der Waals surface area contributed by atoms with Crippen molar-refractivity contribution in [3.05, 3.63) is 11.6 Å². The van der Waals surface area contributed by atoms with Gasteiger partial charge >= 0.3 is 5.97 Å². The summed E-state index contributed by atoms with van der Waals surface area (Å²) in [6, 6.07) is 0. The zero-order valence-corrected chi connectivity index (χ0v) is 6.87. The van der Waals surface area contributed by atoms with E-state index in [1.54, 1.807) is 13.0 Å². The molecule has 0 fully saturated rings. The predicted molar refractivity (Wildman–Crippen MR) is 42.1 cm³/mol. The molecule has 0 saturated heterocycles. The largest absolute Gasteiger partial charge is 0.455 e. The minimum atomic E-state index is -0.371. The summed E-state index contributed by atoms with van der Waals surface area (Å²) in [5.74, 6) is -0.673. The summed E-state index contributed by atoms with van der Waals surface area (Å²) < 4.78 is 4.88. The molecule has 1 rings (SSSR count). The molecule has 2 N–H and O–H groups in total. The molecule has 0 aliphatic carbocycles. The lowest BCUT2D eigenvalue weighted by Gasteiger charge is -2.05. The van der Waals surface area contributed by atoms with E-state index in [9.17, 15) is 9.59 Å². The average molecular weight is 169 g/mol. The molecule has 4 nitrogen and oxygen atoms in total. The highest BCUT2D eigenvalue weighted by Gasteiger charge is 2.21. The Morgan fingerprint density at radius 1 is 1.75 bits per heavy atom. The van der Waals surface area contributed by atoms with Crippen LogP contribution < -0.4 is 5.73 Å². The van der Waals surface area contributed by atoms with E-state index in [-0.39, 0.29) is 24.4 Å². The van der Waals surface area contributed by atoms with Gasteiger partial charge in [-0.3, -0.25) is 4.79 Å². The van der Waals surface area contributed by atoms with E-state index in [2.05, 4.69) is 0 Å². The van der Waals surface area contributed by atoms with Crippen molar-refractivity contribution in [2.45, 2.75) is 25.9 Å². The zero-order valence-electron chi connectivity index (χ0n) is 6.87. The van der Waals surface area contributed by atoms with E-state index in [1.807, 2.05) is 0 Å². The van der Waals surface area contributed by atoms with Crippen LogP contribution in [0, 0.1) is 0 Å². The summed E-state index contributed by atoms with van der Waals surface area (Å²) in [5.41, 5.74) is 5.54. The molecule has 1 heterocycles. The molecule has 0 bridgehead atoms. The molecule has 0 aromatic rings. The van der Waals surface area contributed by atoms with Crippen molar-refractivity contribution in [3.8, 4) is 0 Å². The van der Waals surface area contributed by atoms with Gasteiger partial charge in [-0.1, -0.05) is 0 Å².